The Bertz CT molecular complexity index is 472. The zero-order valence-corrected chi connectivity index (χ0v) is 7.21. The molecule has 74 valence electrons. The van der Waals surface area contributed by atoms with Crippen molar-refractivity contribution in [3.63, 3.8) is 0 Å². The molecule has 0 unspecified atom stereocenters. The van der Waals surface area contributed by atoms with Gasteiger partial charge in [0, 0.05) is 6.20 Å². The van der Waals surface area contributed by atoms with Gasteiger partial charge >= 0.3 is 6.18 Å². The van der Waals surface area contributed by atoms with Crippen molar-refractivity contribution in [1.29, 1.82) is 0 Å². The highest BCUT2D eigenvalue weighted by atomic mass is 19.4. The van der Waals surface area contributed by atoms with E-state index in [1.807, 2.05) is 0 Å². The molecule has 0 spiro atoms. The maximum atomic E-state index is 12.5. The Kier molecular flexibility index (Phi) is 1.73. The molecule has 0 amide bonds. The molecule has 0 N–H and O–H groups in total. The van der Waals surface area contributed by atoms with Gasteiger partial charge in [-0.2, -0.15) is 18.3 Å². The van der Waals surface area contributed by atoms with E-state index in [0.717, 1.165) is 16.9 Å². The number of halogens is 3. The number of rotatable bonds is 0. The highest BCUT2D eigenvalue weighted by molar-refractivity contribution is 5.49. The van der Waals surface area contributed by atoms with Crippen molar-refractivity contribution in [2.24, 2.45) is 0 Å². The van der Waals surface area contributed by atoms with E-state index in [-0.39, 0.29) is 5.65 Å². The Morgan fingerprint density at radius 1 is 1.36 bits per heavy atom. The van der Waals surface area contributed by atoms with Crippen LogP contribution >= 0.6 is 0 Å². The third-order valence-corrected chi connectivity index (χ3v) is 1.82. The third-order valence-electron chi connectivity index (χ3n) is 1.82. The minimum Gasteiger partial charge on any atom is -0.220 e. The normalized spacial score (nSPS) is 12.3. The van der Waals surface area contributed by atoms with Gasteiger partial charge in [0.25, 0.3) is 0 Å². The zero-order chi connectivity index (χ0) is 10.3. The summed E-state index contributed by atoms with van der Waals surface area (Å²) in [6.45, 7) is 1.58. The first kappa shape index (κ1) is 8.98. The molecular weight excluding hydrogens is 195 g/mol. The van der Waals surface area contributed by atoms with Gasteiger partial charge in [-0.1, -0.05) is 0 Å². The first-order valence-electron chi connectivity index (χ1n) is 3.85. The fraction of sp³-hybridized carbons (Fsp3) is 0.250. The minimum absolute atomic E-state index is 0.164. The molecule has 0 aliphatic carbocycles. The molecule has 0 atom stereocenters. The summed E-state index contributed by atoms with van der Waals surface area (Å²) in [5.74, 6) is 0. The predicted octanol–water partition coefficient (Wildman–Crippen LogP) is 2.06. The predicted molar refractivity (Wildman–Crippen MR) is 42.7 cm³/mol. The number of alkyl halides is 3. The van der Waals surface area contributed by atoms with Crippen molar-refractivity contribution < 1.29 is 13.2 Å². The van der Waals surface area contributed by atoms with Gasteiger partial charge in [-0.3, -0.25) is 0 Å². The van der Waals surface area contributed by atoms with Gasteiger partial charge in [0.15, 0.2) is 5.65 Å². The summed E-state index contributed by atoms with van der Waals surface area (Å²) in [7, 11) is 0. The summed E-state index contributed by atoms with van der Waals surface area (Å²) in [4.78, 5) is 3.56. The summed E-state index contributed by atoms with van der Waals surface area (Å²) in [6.07, 6.45) is -1.79. The van der Waals surface area contributed by atoms with Gasteiger partial charge in [-0.15, -0.1) is 0 Å². The quantitative estimate of drug-likeness (QED) is 0.653. The Labute approximate surface area is 77.2 Å². The van der Waals surface area contributed by atoms with Crippen LogP contribution in [0.3, 0.4) is 0 Å². The van der Waals surface area contributed by atoms with E-state index in [9.17, 15) is 13.2 Å². The second kappa shape index (κ2) is 2.70. The van der Waals surface area contributed by atoms with E-state index in [4.69, 9.17) is 0 Å². The van der Waals surface area contributed by atoms with Crippen LogP contribution < -0.4 is 0 Å². The lowest BCUT2D eigenvalue weighted by Crippen LogP contribution is -2.08. The van der Waals surface area contributed by atoms with E-state index in [2.05, 4.69) is 10.1 Å². The fourth-order valence-electron chi connectivity index (χ4n) is 1.27. The van der Waals surface area contributed by atoms with Crippen LogP contribution in [0.5, 0.6) is 0 Å². The summed E-state index contributed by atoms with van der Waals surface area (Å²) in [5, 5.41) is 3.66. The van der Waals surface area contributed by atoms with E-state index in [0.29, 0.717) is 5.56 Å². The Morgan fingerprint density at radius 3 is 2.71 bits per heavy atom. The van der Waals surface area contributed by atoms with Crippen LogP contribution in [0.2, 0.25) is 0 Å². The van der Waals surface area contributed by atoms with Gasteiger partial charge in [0.05, 0.1) is 0 Å². The first-order valence-corrected chi connectivity index (χ1v) is 3.85. The van der Waals surface area contributed by atoms with Crippen LogP contribution in [0.25, 0.3) is 5.65 Å². The maximum Gasteiger partial charge on any atom is 0.420 e. The molecular formula is C8H6F3N3. The molecule has 0 bridgehead atoms. The van der Waals surface area contributed by atoms with Crippen LogP contribution in [0, 0.1) is 6.92 Å². The first-order chi connectivity index (χ1) is 6.48. The molecule has 2 aromatic rings. The third kappa shape index (κ3) is 1.32. The van der Waals surface area contributed by atoms with Crippen molar-refractivity contribution in [1.82, 2.24) is 14.6 Å². The van der Waals surface area contributed by atoms with Crippen LogP contribution in [0.15, 0.2) is 18.6 Å². The van der Waals surface area contributed by atoms with Crippen molar-refractivity contribution in [3.8, 4) is 0 Å². The molecule has 14 heavy (non-hydrogen) atoms. The lowest BCUT2D eigenvalue weighted by molar-refractivity contribution is -0.136. The second-order valence-corrected chi connectivity index (χ2v) is 2.96. The van der Waals surface area contributed by atoms with E-state index in [1.54, 1.807) is 6.92 Å². The molecule has 0 fully saturated rings. The number of pyridine rings is 1. The molecule has 0 aromatic carbocycles. The summed E-state index contributed by atoms with van der Waals surface area (Å²) >= 11 is 0. The van der Waals surface area contributed by atoms with Gasteiger partial charge in [0.1, 0.15) is 11.9 Å². The minimum atomic E-state index is -4.39. The Balaban J connectivity index is 2.80. The van der Waals surface area contributed by atoms with Gasteiger partial charge < -0.3 is 0 Å². The summed E-state index contributed by atoms with van der Waals surface area (Å²) in [6, 6.07) is 1.06. The molecule has 2 heterocycles. The molecule has 0 aliphatic heterocycles. The standard InChI is InChI=1S/C8H6F3N3/c1-5-2-6(8(9,10)11)7-12-4-13-14(7)3-5/h2-4H,1H3. The smallest absolute Gasteiger partial charge is 0.220 e. The van der Waals surface area contributed by atoms with Crippen molar-refractivity contribution >= 4 is 5.65 Å². The number of aryl methyl sites for hydroxylation is 1. The summed E-state index contributed by atoms with van der Waals surface area (Å²) < 4.78 is 38.6. The average Bonchev–Trinajstić information content (AvgIpc) is 2.47. The SMILES string of the molecule is Cc1cc(C(F)(F)F)c2ncnn2c1. The van der Waals surface area contributed by atoms with Gasteiger partial charge in [-0.25, -0.2) is 9.50 Å². The monoisotopic (exact) mass is 201 g/mol. The van der Waals surface area contributed by atoms with Crippen LogP contribution in [-0.4, -0.2) is 14.6 Å². The molecule has 0 aliphatic rings. The highest BCUT2D eigenvalue weighted by Crippen LogP contribution is 2.31. The lowest BCUT2D eigenvalue weighted by Gasteiger charge is -2.08. The average molecular weight is 201 g/mol. The molecule has 2 rings (SSSR count). The summed E-state index contributed by atoms with van der Waals surface area (Å²) in [5.41, 5.74) is -0.423. The van der Waals surface area contributed by atoms with Crippen LogP contribution in [0.4, 0.5) is 13.2 Å². The van der Waals surface area contributed by atoms with Crippen molar-refractivity contribution in [2.75, 3.05) is 0 Å². The molecule has 0 saturated heterocycles. The number of hydrogen-bond acceptors (Lipinski definition) is 2. The fourth-order valence-corrected chi connectivity index (χ4v) is 1.27. The van der Waals surface area contributed by atoms with E-state index >= 15 is 0 Å². The maximum absolute atomic E-state index is 12.5. The highest BCUT2D eigenvalue weighted by Gasteiger charge is 2.34. The number of hydrogen-bond donors (Lipinski definition) is 0. The van der Waals surface area contributed by atoms with Crippen molar-refractivity contribution in [3.05, 3.63) is 29.7 Å². The molecule has 3 nitrogen and oxygen atoms in total. The molecule has 0 saturated carbocycles. The van der Waals surface area contributed by atoms with Crippen LogP contribution in [-0.2, 0) is 6.18 Å². The number of nitrogens with zero attached hydrogens (tertiary/aromatic N) is 3. The van der Waals surface area contributed by atoms with Crippen molar-refractivity contribution in [2.45, 2.75) is 13.1 Å². The molecule has 2 aromatic heterocycles. The second-order valence-electron chi connectivity index (χ2n) is 2.96. The lowest BCUT2D eigenvalue weighted by atomic mass is 10.2. The van der Waals surface area contributed by atoms with E-state index < -0.39 is 11.7 Å². The Hall–Kier alpha value is -1.59. The van der Waals surface area contributed by atoms with Crippen LogP contribution in [0.1, 0.15) is 11.1 Å². The van der Waals surface area contributed by atoms with E-state index in [1.165, 1.54) is 6.20 Å². The van der Waals surface area contributed by atoms with Gasteiger partial charge in [0.2, 0.25) is 0 Å². The topological polar surface area (TPSA) is 30.2 Å². The molecule has 0 radical (unpaired) electrons. The van der Waals surface area contributed by atoms with Gasteiger partial charge in [-0.05, 0) is 18.6 Å². The number of aromatic nitrogens is 3. The largest absolute Gasteiger partial charge is 0.420 e. The molecule has 6 heteroatoms. The Morgan fingerprint density at radius 2 is 2.07 bits per heavy atom. The zero-order valence-electron chi connectivity index (χ0n) is 7.21. The number of fused-ring (bicyclic) bond motifs is 1.